The maximum atomic E-state index is 11.6. The summed E-state index contributed by atoms with van der Waals surface area (Å²) in [5, 5.41) is 11.2. The molecule has 1 aliphatic rings. The third-order valence-electron chi connectivity index (χ3n) is 3.53. The van der Waals surface area contributed by atoms with E-state index in [0.29, 0.717) is 19.3 Å². The monoisotopic (exact) mass is 286 g/mol. The van der Waals surface area contributed by atoms with Crippen LogP contribution in [0.25, 0.3) is 0 Å². The fourth-order valence-electron chi connectivity index (χ4n) is 2.31. The third kappa shape index (κ3) is 7.45. The molecule has 0 heterocycles. The van der Waals surface area contributed by atoms with Gasteiger partial charge in [-0.05, 0) is 25.7 Å². The van der Waals surface area contributed by atoms with Crippen LogP contribution in [0.2, 0.25) is 0 Å². The Bertz CT molecular complexity index is 304. The number of rotatable bonds is 9. The van der Waals surface area contributed by atoms with Crippen LogP contribution in [0.3, 0.4) is 0 Å². The Kier molecular flexibility index (Phi) is 8.22. The molecule has 0 saturated heterocycles. The van der Waals surface area contributed by atoms with E-state index in [1.54, 1.807) is 0 Å². The van der Waals surface area contributed by atoms with Crippen molar-refractivity contribution in [3.8, 4) is 0 Å². The average molecular weight is 286 g/mol. The van der Waals surface area contributed by atoms with Crippen LogP contribution in [-0.4, -0.2) is 42.3 Å². The van der Waals surface area contributed by atoms with Crippen LogP contribution in [0.5, 0.6) is 0 Å². The van der Waals surface area contributed by atoms with Gasteiger partial charge < -0.3 is 20.9 Å². The predicted molar refractivity (Wildman–Crippen MR) is 75.3 cm³/mol. The standard InChI is InChI=1S/C14H26N2O4/c15-12(7-8-13(17)18)14(19)16-9-4-10-20-11-5-2-1-3-6-11/h11-12H,1-10,15H2,(H,16,19)(H,17,18). The molecular formula is C14H26N2O4. The van der Waals surface area contributed by atoms with E-state index in [1.807, 2.05) is 0 Å². The summed E-state index contributed by atoms with van der Waals surface area (Å²) in [5.41, 5.74) is 5.59. The summed E-state index contributed by atoms with van der Waals surface area (Å²) >= 11 is 0. The molecule has 0 spiro atoms. The van der Waals surface area contributed by atoms with Crippen molar-refractivity contribution in [1.82, 2.24) is 5.32 Å². The highest BCUT2D eigenvalue weighted by Crippen LogP contribution is 2.20. The molecule has 1 rings (SSSR count). The number of hydrogen-bond donors (Lipinski definition) is 3. The van der Waals surface area contributed by atoms with Gasteiger partial charge >= 0.3 is 5.97 Å². The largest absolute Gasteiger partial charge is 0.481 e. The number of carbonyl (C=O) groups is 2. The van der Waals surface area contributed by atoms with Crippen LogP contribution >= 0.6 is 0 Å². The minimum absolute atomic E-state index is 0.0840. The second-order valence-corrected chi connectivity index (χ2v) is 5.31. The molecule has 4 N–H and O–H groups in total. The van der Waals surface area contributed by atoms with Crippen LogP contribution in [0.1, 0.15) is 51.4 Å². The van der Waals surface area contributed by atoms with Gasteiger partial charge in [-0.3, -0.25) is 9.59 Å². The van der Waals surface area contributed by atoms with Crippen LogP contribution in [0, 0.1) is 0 Å². The van der Waals surface area contributed by atoms with Crippen molar-refractivity contribution < 1.29 is 19.4 Å². The molecule has 0 aliphatic heterocycles. The highest BCUT2D eigenvalue weighted by Gasteiger charge is 2.15. The van der Waals surface area contributed by atoms with Crippen LogP contribution in [-0.2, 0) is 14.3 Å². The van der Waals surface area contributed by atoms with Crippen LogP contribution in [0.15, 0.2) is 0 Å². The number of ether oxygens (including phenoxy) is 1. The highest BCUT2D eigenvalue weighted by atomic mass is 16.5. The quantitative estimate of drug-likeness (QED) is 0.550. The number of amides is 1. The van der Waals surface area contributed by atoms with Crippen molar-refractivity contribution in [1.29, 1.82) is 0 Å². The molecule has 6 heteroatoms. The molecule has 1 atom stereocenters. The Labute approximate surface area is 120 Å². The lowest BCUT2D eigenvalue weighted by Gasteiger charge is -2.22. The average Bonchev–Trinajstić information content (AvgIpc) is 2.45. The predicted octanol–water partition coefficient (Wildman–Crippen LogP) is 1.03. The number of carbonyl (C=O) groups excluding carboxylic acids is 1. The second kappa shape index (κ2) is 9.72. The van der Waals surface area contributed by atoms with Crippen LogP contribution < -0.4 is 11.1 Å². The Balaban J connectivity index is 1.99. The van der Waals surface area contributed by atoms with E-state index >= 15 is 0 Å². The zero-order chi connectivity index (χ0) is 14.8. The first kappa shape index (κ1) is 16.9. The topological polar surface area (TPSA) is 102 Å². The van der Waals surface area contributed by atoms with Gasteiger partial charge in [0.15, 0.2) is 0 Å². The van der Waals surface area contributed by atoms with Gasteiger partial charge in [-0.15, -0.1) is 0 Å². The molecule has 1 amide bonds. The van der Waals surface area contributed by atoms with E-state index in [-0.39, 0.29) is 18.7 Å². The molecule has 0 aromatic carbocycles. The minimum Gasteiger partial charge on any atom is -0.481 e. The van der Waals surface area contributed by atoms with Gasteiger partial charge in [0.05, 0.1) is 12.1 Å². The molecule has 1 saturated carbocycles. The summed E-state index contributed by atoms with van der Waals surface area (Å²) in [7, 11) is 0. The van der Waals surface area contributed by atoms with Crippen molar-refractivity contribution in [2.45, 2.75) is 63.5 Å². The van der Waals surface area contributed by atoms with Gasteiger partial charge in [-0.25, -0.2) is 0 Å². The van der Waals surface area contributed by atoms with Crippen molar-refractivity contribution in [2.75, 3.05) is 13.2 Å². The Hall–Kier alpha value is -1.14. The minimum atomic E-state index is -0.936. The van der Waals surface area contributed by atoms with Crippen LogP contribution in [0.4, 0.5) is 0 Å². The van der Waals surface area contributed by atoms with E-state index in [0.717, 1.165) is 19.3 Å². The first-order valence-electron chi connectivity index (χ1n) is 7.46. The number of nitrogens with one attached hydrogen (secondary N) is 1. The summed E-state index contributed by atoms with van der Waals surface area (Å²) in [6.45, 7) is 1.17. The van der Waals surface area contributed by atoms with E-state index in [2.05, 4.69) is 5.32 Å². The van der Waals surface area contributed by atoms with Gasteiger partial charge in [-0.1, -0.05) is 19.3 Å². The summed E-state index contributed by atoms with van der Waals surface area (Å²) in [6, 6.07) is -0.745. The van der Waals surface area contributed by atoms with Gasteiger partial charge in [-0.2, -0.15) is 0 Å². The molecule has 116 valence electrons. The molecule has 1 aliphatic carbocycles. The first-order valence-corrected chi connectivity index (χ1v) is 7.46. The first-order chi connectivity index (χ1) is 9.59. The maximum Gasteiger partial charge on any atom is 0.303 e. The number of carboxylic acids is 1. The summed E-state index contributed by atoms with van der Waals surface area (Å²) in [5.74, 6) is -1.22. The molecule has 0 radical (unpaired) electrons. The van der Waals surface area contributed by atoms with E-state index < -0.39 is 12.0 Å². The smallest absolute Gasteiger partial charge is 0.303 e. The summed E-state index contributed by atoms with van der Waals surface area (Å²) in [6.07, 6.45) is 7.33. The van der Waals surface area contributed by atoms with Gasteiger partial charge in [0.25, 0.3) is 0 Å². The van der Waals surface area contributed by atoms with Crippen molar-refractivity contribution in [3.05, 3.63) is 0 Å². The molecular weight excluding hydrogens is 260 g/mol. The highest BCUT2D eigenvalue weighted by molar-refractivity contribution is 5.82. The third-order valence-corrected chi connectivity index (χ3v) is 3.53. The number of nitrogens with two attached hydrogens (primary N) is 1. The zero-order valence-corrected chi connectivity index (χ0v) is 12.0. The molecule has 0 aromatic heterocycles. The summed E-state index contributed by atoms with van der Waals surface area (Å²) in [4.78, 5) is 21.9. The number of aliphatic carboxylic acids is 1. The van der Waals surface area contributed by atoms with Gasteiger partial charge in [0.1, 0.15) is 0 Å². The number of hydrogen-bond acceptors (Lipinski definition) is 4. The van der Waals surface area contributed by atoms with Gasteiger partial charge in [0, 0.05) is 19.6 Å². The molecule has 1 fully saturated rings. The van der Waals surface area contributed by atoms with Crippen molar-refractivity contribution >= 4 is 11.9 Å². The molecule has 1 unspecified atom stereocenters. The molecule has 0 bridgehead atoms. The Morgan fingerprint density at radius 2 is 2.00 bits per heavy atom. The van der Waals surface area contributed by atoms with Crippen molar-refractivity contribution in [2.24, 2.45) is 5.73 Å². The fourth-order valence-corrected chi connectivity index (χ4v) is 2.31. The maximum absolute atomic E-state index is 11.6. The molecule has 20 heavy (non-hydrogen) atoms. The zero-order valence-electron chi connectivity index (χ0n) is 12.0. The normalized spacial score (nSPS) is 17.6. The Morgan fingerprint density at radius 3 is 2.65 bits per heavy atom. The van der Waals surface area contributed by atoms with Gasteiger partial charge in [0.2, 0.25) is 5.91 Å². The molecule has 6 nitrogen and oxygen atoms in total. The second-order valence-electron chi connectivity index (χ2n) is 5.31. The molecule has 0 aromatic rings. The number of carboxylic acid groups (broad SMARTS) is 1. The lowest BCUT2D eigenvalue weighted by molar-refractivity contribution is -0.137. The van der Waals surface area contributed by atoms with Crippen molar-refractivity contribution in [3.63, 3.8) is 0 Å². The van der Waals surface area contributed by atoms with E-state index in [1.165, 1.54) is 19.3 Å². The lowest BCUT2D eigenvalue weighted by Crippen LogP contribution is -2.41. The van der Waals surface area contributed by atoms with E-state index in [9.17, 15) is 9.59 Å². The van der Waals surface area contributed by atoms with E-state index in [4.69, 9.17) is 15.6 Å². The lowest BCUT2D eigenvalue weighted by atomic mass is 9.98. The Morgan fingerprint density at radius 1 is 1.30 bits per heavy atom. The fraction of sp³-hybridized carbons (Fsp3) is 0.857. The summed E-state index contributed by atoms with van der Waals surface area (Å²) < 4.78 is 5.74. The SMILES string of the molecule is NC(CCC(=O)O)C(=O)NCCCOC1CCCCC1.